The maximum Gasteiger partial charge on any atom is 0.0485 e. The number of benzene rings is 2. The van der Waals surface area contributed by atoms with Crippen LogP contribution in [0.1, 0.15) is 18.5 Å². The normalized spacial score (nSPS) is 12.2. The second-order valence-electron chi connectivity index (χ2n) is 4.08. The van der Waals surface area contributed by atoms with Crippen molar-refractivity contribution < 1.29 is 0 Å². The van der Waals surface area contributed by atoms with Gasteiger partial charge in [0.25, 0.3) is 0 Å². The fourth-order valence-electron chi connectivity index (χ4n) is 1.72. The van der Waals surface area contributed by atoms with Crippen molar-refractivity contribution in [2.24, 2.45) is 0 Å². The van der Waals surface area contributed by atoms with Crippen LogP contribution in [0.5, 0.6) is 0 Å². The Hall–Kier alpha value is -0.450. The quantitative estimate of drug-likeness (QED) is 0.654. The lowest BCUT2D eigenvalue weighted by molar-refractivity contribution is 0.884. The highest BCUT2D eigenvalue weighted by Crippen LogP contribution is 2.26. The molecule has 4 heteroatoms. The van der Waals surface area contributed by atoms with Crippen LogP contribution in [0.4, 0.5) is 5.69 Å². The maximum atomic E-state index is 5.97. The molecule has 0 aliphatic heterocycles. The molecule has 2 aromatic rings. The molecule has 1 nitrogen and oxygen atoms in total. The van der Waals surface area contributed by atoms with Gasteiger partial charge in [0.05, 0.1) is 0 Å². The third-order valence-electron chi connectivity index (χ3n) is 2.62. The molecule has 0 fully saturated rings. The Morgan fingerprint density at radius 2 is 1.56 bits per heavy atom. The van der Waals surface area contributed by atoms with Gasteiger partial charge in [-0.3, -0.25) is 0 Å². The number of hydrogen-bond donors (Lipinski definition) is 1. The first kappa shape index (κ1) is 14.0. The van der Waals surface area contributed by atoms with Crippen molar-refractivity contribution in [2.45, 2.75) is 13.0 Å². The highest BCUT2D eigenvalue weighted by Gasteiger charge is 2.06. The van der Waals surface area contributed by atoms with Gasteiger partial charge in [-0.15, -0.1) is 0 Å². The van der Waals surface area contributed by atoms with Crippen molar-refractivity contribution in [3.8, 4) is 0 Å². The molecule has 0 bridgehead atoms. The zero-order valence-corrected chi connectivity index (χ0v) is 13.4. The van der Waals surface area contributed by atoms with Gasteiger partial charge in [-0.2, -0.15) is 0 Å². The minimum Gasteiger partial charge on any atom is -0.378 e. The van der Waals surface area contributed by atoms with Gasteiger partial charge in [-0.25, -0.2) is 0 Å². The van der Waals surface area contributed by atoms with Gasteiger partial charge in [0.2, 0.25) is 0 Å². The van der Waals surface area contributed by atoms with E-state index >= 15 is 0 Å². The Balaban J connectivity index is 2.15. The van der Waals surface area contributed by atoms with Crippen molar-refractivity contribution >= 4 is 51.5 Å². The molecule has 2 rings (SSSR count). The lowest BCUT2D eigenvalue weighted by atomic mass is 10.1. The lowest BCUT2D eigenvalue weighted by Gasteiger charge is -2.16. The van der Waals surface area contributed by atoms with Crippen molar-refractivity contribution in [1.29, 1.82) is 0 Å². The van der Waals surface area contributed by atoms with Crippen LogP contribution in [0.25, 0.3) is 0 Å². The van der Waals surface area contributed by atoms with Gasteiger partial charge in [-0.05, 0) is 65.4 Å². The Morgan fingerprint density at radius 1 is 1.00 bits per heavy atom. The van der Waals surface area contributed by atoms with E-state index in [1.807, 2.05) is 12.1 Å². The zero-order chi connectivity index (χ0) is 13.1. The summed E-state index contributed by atoms with van der Waals surface area (Å²) in [5.41, 5.74) is 2.16. The molecule has 2 aromatic carbocycles. The van der Waals surface area contributed by atoms with E-state index in [0.717, 1.165) is 5.69 Å². The molecular formula is C14H12Cl2IN. The van der Waals surface area contributed by atoms with Crippen molar-refractivity contribution in [3.63, 3.8) is 0 Å². The van der Waals surface area contributed by atoms with E-state index in [2.05, 4.69) is 59.1 Å². The van der Waals surface area contributed by atoms with Gasteiger partial charge in [-0.1, -0.05) is 35.3 Å². The largest absolute Gasteiger partial charge is 0.378 e. The summed E-state index contributed by atoms with van der Waals surface area (Å²) >= 11 is 14.2. The first-order valence-corrected chi connectivity index (χ1v) is 7.36. The van der Waals surface area contributed by atoms with Gasteiger partial charge >= 0.3 is 0 Å². The minimum absolute atomic E-state index is 0.205. The zero-order valence-electron chi connectivity index (χ0n) is 9.75. The minimum atomic E-state index is 0.205. The molecule has 0 aromatic heterocycles. The fourth-order valence-corrected chi connectivity index (χ4v) is 2.61. The standard InChI is InChI=1S/C14H12Cl2IN/c1-9(10-2-4-13(17)5-3-10)18-14-7-11(15)6-12(16)8-14/h2-9,18H,1H3. The molecule has 0 aliphatic rings. The van der Waals surface area contributed by atoms with Crippen molar-refractivity contribution in [1.82, 2.24) is 0 Å². The second kappa shape index (κ2) is 6.13. The number of hydrogen-bond acceptors (Lipinski definition) is 1. The summed E-state index contributed by atoms with van der Waals surface area (Å²) in [7, 11) is 0. The first-order valence-electron chi connectivity index (χ1n) is 5.53. The predicted octanol–water partition coefficient (Wildman–Crippen LogP) is 5.77. The molecule has 0 saturated heterocycles. The van der Waals surface area contributed by atoms with Crippen LogP contribution in [0, 0.1) is 3.57 Å². The third kappa shape index (κ3) is 3.77. The van der Waals surface area contributed by atoms with Crippen molar-refractivity contribution in [3.05, 3.63) is 61.6 Å². The second-order valence-corrected chi connectivity index (χ2v) is 6.19. The number of nitrogens with one attached hydrogen (secondary N) is 1. The van der Waals surface area contributed by atoms with E-state index in [1.165, 1.54) is 9.13 Å². The van der Waals surface area contributed by atoms with Crippen LogP contribution >= 0.6 is 45.8 Å². The Labute approximate surface area is 131 Å². The molecule has 18 heavy (non-hydrogen) atoms. The average Bonchev–Trinajstić information content (AvgIpc) is 2.28. The van der Waals surface area contributed by atoms with Crippen LogP contribution in [-0.2, 0) is 0 Å². The molecule has 0 saturated carbocycles. The van der Waals surface area contributed by atoms with Gasteiger partial charge in [0, 0.05) is 25.3 Å². The van der Waals surface area contributed by atoms with Crippen LogP contribution in [-0.4, -0.2) is 0 Å². The Kier molecular flexibility index (Phi) is 4.76. The summed E-state index contributed by atoms with van der Waals surface area (Å²) in [4.78, 5) is 0. The molecule has 1 unspecified atom stereocenters. The topological polar surface area (TPSA) is 12.0 Å². The highest BCUT2D eigenvalue weighted by molar-refractivity contribution is 14.1. The maximum absolute atomic E-state index is 5.97. The number of rotatable bonds is 3. The first-order chi connectivity index (χ1) is 8.54. The summed E-state index contributed by atoms with van der Waals surface area (Å²) in [5.74, 6) is 0. The molecule has 0 aliphatic carbocycles. The van der Waals surface area contributed by atoms with Crippen LogP contribution in [0.3, 0.4) is 0 Å². The molecule has 1 N–H and O–H groups in total. The van der Waals surface area contributed by atoms with Crippen LogP contribution in [0.2, 0.25) is 10.0 Å². The molecular weight excluding hydrogens is 380 g/mol. The molecule has 0 spiro atoms. The van der Waals surface area contributed by atoms with E-state index in [9.17, 15) is 0 Å². The summed E-state index contributed by atoms with van der Waals surface area (Å²) in [6.07, 6.45) is 0. The number of halogens is 3. The highest BCUT2D eigenvalue weighted by atomic mass is 127. The fraction of sp³-hybridized carbons (Fsp3) is 0.143. The number of anilines is 1. The Bertz CT molecular complexity index is 520. The van der Waals surface area contributed by atoms with E-state index in [-0.39, 0.29) is 6.04 Å². The van der Waals surface area contributed by atoms with Crippen LogP contribution in [0.15, 0.2) is 42.5 Å². The van der Waals surface area contributed by atoms with Gasteiger partial charge in [0.15, 0.2) is 0 Å². The summed E-state index contributed by atoms with van der Waals surface area (Å²) < 4.78 is 1.23. The monoisotopic (exact) mass is 391 g/mol. The summed E-state index contributed by atoms with van der Waals surface area (Å²) in [6, 6.07) is 14.1. The van der Waals surface area contributed by atoms with E-state index in [4.69, 9.17) is 23.2 Å². The smallest absolute Gasteiger partial charge is 0.0485 e. The molecule has 0 heterocycles. The lowest BCUT2D eigenvalue weighted by Crippen LogP contribution is -2.06. The van der Waals surface area contributed by atoms with Gasteiger partial charge in [0.1, 0.15) is 0 Å². The van der Waals surface area contributed by atoms with E-state index < -0.39 is 0 Å². The SMILES string of the molecule is CC(Nc1cc(Cl)cc(Cl)c1)c1ccc(I)cc1. The van der Waals surface area contributed by atoms with E-state index in [1.54, 1.807) is 6.07 Å². The molecule has 0 amide bonds. The Morgan fingerprint density at radius 3 is 2.11 bits per heavy atom. The predicted molar refractivity (Wildman–Crippen MR) is 87.7 cm³/mol. The molecule has 0 radical (unpaired) electrons. The molecule has 94 valence electrons. The van der Waals surface area contributed by atoms with E-state index in [0.29, 0.717) is 10.0 Å². The average molecular weight is 392 g/mol. The van der Waals surface area contributed by atoms with Crippen LogP contribution < -0.4 is 5.32 Å². The summed E-state index contributed by atoms with van der Waals surface area (Å²) in [6.45, 7) is 2.11. The molecule has 1 atom stereocenters. The summed E-state index contributed by atoms with van der Waals surface area (Å²) in [5, 5.41) is 4.67. The van der Waals surface area contributed by atoms with Gasteiger partial charge < -0.3 is 5.32 Å². The van der Waals surface area contributed by atoms with Crippen molar-refractivity contribution in [2.75, 3.05) is 5.32 Å². The third-order valence-corrected chi connectivity index (χ3v) is 3.77.